The fourth-order valence-electron chi connectivity index (χ4n) is 6.00. The number of halogens is 3. The van der Waals surface area contributed by atoms with E-state index >= 15 is 0 Å². The van der Waals surface area contributed by atoms with Crippen LogP contribution < -0.4 is 15.8 Å². The molecule has 5 nitrogen and oxygen atoms in total. The van der Waals surface area contributed by atoms with E-state index in [1.807, 2.05) is 0 Å². The molecule has 2 unspecified atom stereocenters. The molecule has 0 aromatic heterocycles. The van der Waals surface area contributed by atoms with Gasteiger partial charge in [-0.1, -0.05) is 12.1 Å². The van der Waals surface area contributed by atoms with Gasteiger partial charge < -0.3 is 15.8 Å². The zero-order valence-electron chi connectivity index (χ0n) is 17.1. The summed E-state index contributed by atoms with van der Waals surface area (Å²) in [5.41, 5.74) is 2.84. The molecule has 4 bridgehead atoms. The summed E-state index contributed by atoms with van der Waals surface area (Å²) < 4.78 is 45.4. The number of hydrogen-bond acceptors (Lipinski definition) is 3. The number of rotatable bonds is 5. The van der Waals surface area contributed by atoms with Crippen molar-refractivity contribution >= 4 is 11.8 Å². The van der Waals surface area contributed by atoms with E-state index in [0.717, 1.165) is 25.3 Å². The lowest BCUT2D eigenvalue weighted by Crippen LogP contribution is -2.64. The summed E-state index contributed by atoms with van der Waals surface area (Å²) in [7, 11) is 0. The number of para-hydroxylation sites is 1. The summed E-state index contributed by atoms with van der Waals surface area (Å²) in [6.07, 6.45) is -0.535. The van der Waals surface area contributed by atoms with E-state index in [1.165, 1.54) is 32.0 Å². The van der Waals surface area contributed by atoms with Crippen LogP contribution in [-0.4, -0.2) is 23.5 Å². The average molecular weight is 424 g/mol. The fraction of sp³-hybridized carbons (Fsp3) is 0.636. The van der Waals surface area contributed by atoms with Crippen molar-refractivity contribution in [1.82, 2.24) is 5.32 Å². The third kappa shape index (κ3) is 3.54. The third-order valence-corrected chi connectivity index (χ3v) is 7.20. The van der Waals surface area contributed by atoms with Gasteiger partial charge in [0.1, 0.15) is 5.75 Å². The number of nitrogens with two attached hydrogens (primary N) is 1. The SMILES string of the molecule is CC(C)(Oc1ccccc1C(F)(F)F)C(=O)NC1C2CC3CC1CC(C(N)=O)(C3)C2. The molecule has 0 heterocycles. The van der Waals surface area contributed by atoms with Crippen LogP contribution in [0, 0.1) is 23.2 Å². The maximum absolute atomic E-state index is 13.3. The maximum Gasteiger partial charge on any atom is 0.419 e. The van der Waals surface area contributed by atoms with Gasteiger partial charge in [0, 0.05) is 11.5 Å². The van der Waals surface area contributed by atoms with Gasteiger partial charge in [0.15, 0.2) is 5.60 Å². The minimum absolute atomic E-state index is 0.109. The predicted molar refractivity (Wildman–Crippen MR) is 103 cm³/mol. The molecule has 2 atom stereocenters. The number of carbonyl (C=O) groups excluding carboxylic acids is 2. The summed E-state index contributed by atoms with van der Waals surface area (Å²) in [5, 5.41) is 3.04. The van der Waals surface area contributed by atoms with Gasteiger partial charge in [-0.2, -0.15) is 13.2 Å². The summed E-state index contributed by atoms with van der Waals surface area (Å²) in [6.45, 7) is 2.94. The van der Waals surface area contributed by atoms with Crippen LogP contribution in [0.2, 0.25) is 0 Å². The van der Waals surface area contributed by atoms with Crippen molar-refractivity contribution < 1.29 is 27.5 Å². The minimum atomic E-state index is -4.58. The van der Waals surface area contributed by atoms with E-state index in [1.54, 1.807) is 0 Å². The number of primary amides is 1. The first-order valence-corrected chi connectivity index (χ1v) is 10.4. The molecule has 1 aromatic rings. The molecule has 0 spiro atoms. The van der Waals surface area contributed by atoms with Crippen LogP contribution in [0.15, 0.2) is 24.3 Å². The molecule has 4 fully saturated rings. The summed E-state index contributed by atoms with van der Waals surface area (Å²) in [5.74, 6) is -0.310. The summed E-state index contributed by atoms with van der Waals surface area (Å²) in [4.78, 5) is 25.1. The molecule has 164 valence electrons. The molecular formula is C22H27F3N2O3. The van der Waals surface area contributed by atoms with Crippen LogP contribution in [0.5, 0.6) is 5.75 Å². The summed E-state index contributed by atoms with van der Waals surface area (Å²) in [6, 6.07) is 4.77. The maximum atomic E-state index is 13.3. The quantitative estimate of drug-likeness (QED) is 0.757. The van der Waals surface area contributed by atoms with Crippen LogP contribution >= 0.6 is 0 Å². The molecular weight excluding hydrogens is 397 g/mol. The second-order valence-electron chi connectivity index (χ2n) is 9.72. The molecule has 4 aliphatic carbocycles. The molecule has 4 saturated carbocycles. The number of nitrogens with one attached hydrogen (secondary N) is 1. The monoisotopic (exact) mass is 424 g/mol. The van der Waals surface area contributed by atoms with E-state index in [9.17, 15) is 22.8 Å². The molecule has 4 aliphatic rings. The van der Waals surface area contributed by atoms with E-state index < -0.39 is 28.7 Å². The van der Waals surface area contributed by atoms with Crippen LogP contribution in [0.1, 0.15) is 51.5 Å². The van der Waals surface area contributed by atoms with Gasteiger partial charge in [-0.15, -0.1) is 0 Å². The molecule has 0 saturated heterocycles. The standard InChI is InChI=1S/C22H27F3N2O3/c1-20(2,30-16-6-4-3-5-15(16)22(23,24)25)19(29)27-17-13-7-12-8-14(17)11-21(9-12,10-13)18(26)28/h3-6,12-14,17H,7-11H2,1-2H3,(H2,26,28)(H,27,29). The topological polar surface area (TPSA) is 81.4 Å². The van der Waals surface area contributed by atoms with Crippen LogP contribution in [0.3, 0.4) is 0 Å². The second-order valence-corrected chi connectivity index (χ2v) is 9.72. The molecule has 5 rings (SSSR count). The van der Waals surface area contributed by atoms with Crippen molar-refractivity contribution in [3.05, 3.63) is 29.8 Å². The van der Waals surface area contributed by atoms with E-state index in [2.05, 4.69) is 5.32 Å². The predicted octanol–water partition coefficient (Wildman–Crippen LogP) is 3.66. The van der Waals surface area contributed by atoms with Crippen LogP contribution in [0.25, 0.3) is 0 Å². The average Bonchev–Trinajstić information content (AvgIpc) is 2.63. The van der Waals surface area contributed by atoms with Gasteiger partial charge in [0.2, 0.25) is 5.91 Å². The van der Waals surface area contributed by atoms with Crippen molar-refractivity contribution in [3.8, 4) is 5.75 Å². The van der Waals surface area contributed by atoms with Crippen molar-refractivity contribution in [2.45, 2.75) is 63.8 Å². The van der Waals surface area contributed by atoms with E-state index in [-0.39, 0.29) is 29.5 Å². The molecule has 3 N–H and O–H groups in total. The highest BCUT2D eigenvalue weighted by Crippen LogP contribution is 2.60. The normalized spacial score (nSPS) is 32.7. The lowest BCUT2D eigenvalue weighted by atomic mass is 9.47. The number of alkyl halides is 3. The number of ether oxygens (including phenoxy) is 1. The summed E-state index contributed by atoms with van der Waals surface area (Å²) >= 11 is 0. The fourth-order valence-corrected chi connectivity index (χ4v) is 6.00. The highest BCUT2D eigenvalue weighted by molar-refractivity contribution is 5.85. The first kappa shape index (κ1) is 21.0. The third-order valence-electron chi connectivity index (χ3n) is 7.20. The Bertz CT molecular complexity index is 851. The van der Waals surface area contributed by atoms with E-state index in [4.69, 9.17) is 10.5 Å². The minimum Gasteiger partial charge on any atom is -0.477 e. The van der Waals surface area contributed by atoms with Crippen molar-refractivity contribution in [2.75, 3.05) is 0 Å². The largest absolute Gasteiger partial charge is 0.477 e. The van der Waals surface area contributed by atoms with Gasteiger partial charge in [-0.05, 0) is 75.8 Å². The molecule has 2 amide bonds. The molecule has 0 radical (unpaired) electrons. The van der Waals surface area contributed by atoms with Gasteiger partial charge >= 0.3 is 6.18 Å². The Hall–Kier alpha value is -2.25. The Labute approximate surface area is 173 Å². The van der Waals surface area contributed by atoms with E-state index in [0.29, 0.717) is 18.8 Å². The Balaban J connectivity index is 1.49. The van der Waals surface area contributed by atoms with Crippen molar-refractivity contribution in [3.63, 3.8) is 0 Å². The smallest absolute Gasteiger partial charge is 0.419 e. The number of carbonyl (C=O) groups is 2. The van der Waals surface area contributed by atoms with Crippen molar-refractivity contribution in [2.24, 2.45) is 28.9 Å². The molecule has 1 aromatic carbocycles. The van der Waals surface area contributed by atoms with Gasteiger partial charge in [0.05, 0.1) is 5.56 Å². The highest BCUT2D eigenvalue weighted by Gasteiger charge is 2.58. The lowest BCUT2D eigenvalue weighted by molar-refractivity contribution is -0.151. The zero-order chi connectivity index (χ0) is 21.9. The van der Waals surface area contributed by atoms with Gasteiger partial charge in [0.25, 0.3) is 5.91 Å². The first-order chi connectivity index (χ1) is 13.9. The molecule has 0 aliphatic heterocycles. The number of amides is 2. The molecule has 8 heteroatoms. The van der Waals surface area contributed by atoms with Crippen LogP contribution in [0.4, 0.5) is 13.2 Å². The van der Waals surface area contributed by atoms with Gasteiger partial charge in [-0.25, -0.2) is 0 Å². The Morgan fingerprint density at radius 2 is 1.70 bits per heavy atom. The second kappa shape index (κ2) is 6.89. The number of benzene rings is 1. The highest BCUT2D eigenvalue weighted by atomic mass is 19.4. The zero-order valence-corrected chi connectivity index (χ0v) is 17.1. The lowest BCUT2D eigenvalue weighted by Gasteiger charge is -2.59. The van der Waals surface area contributed by atoms with Crippen LogP contribution in [-0.2, 0) is 15.8 Å². The first-order valence-electron chi connectivity index (χ1n) is 10.4. The van der Waals surface area contributed by atoms with Crippen molar-refractivity contribution in [1.29, 1.82) is 0 Å². The Kier molecular flexibility index (Phi) is 4.82. The van der Waals surface area contributed by atoms with Gasteiger partial charge in [-0.3, -0.25) is 9.59 Å². The Morgan fingerprint density at radius 1 is 1.10 bits per heavy atom. The Morgan fingerprint density at radius 3 is 2.27 bits per heavy atom. The number of hydrogen-bond donors (Lipinski definition) is 2. The molecule has 30 heavy (non-hydrogen) atoms.